The second kappa shape index (κ2) is 9.60. The molecule has 0 unspecified atom stereocenters. The number of benzene rings is 2. The number of aromatic nitrogens is 3. The number of ketones is 1. The van der Waals surface area contributed by atoms with Crippen molar-refractivity contribution in [2.75, 3.05) is 13.7 Å². The molecule has 0 aliphatic heterocycles. The van der Waals surface area contributed by atoms with Crippen molar-refractivity contribution in [2.45, 2.75) is 37.7 Å². The van der Waals surface area contributed by atoms with Crippen LogP contribution in [0.3, 0.4) is 0 Å². The van der Waals surface area contributed by atoms with Gasteiger partial charge in [0.1, 0.15) is 11.5 Å². The Labute approximate surface area is 175 Å². The van der Waals surface area contributed by atoms with Crippen LogP contribution >= 0.6 is 11.8 Å². The number of Topliss-reactive ketones (excluding diaryl/α,β-unsaturated/α-hetero) is 1. The number of carbonyl (C=O) groups is 1. The molecule has 3 aromatic rings. The summed E-state index contributed by atoms with van der Waals surface area (Å²) in [4.78, 5) is 12.8. The highest BCUT2D eigenvalue weighted by Gasteiger charge is 2.21. The largest absolute Gasteiger partial charge is 0.497 e. The molecule has 7 heteroatoms. The molecule has 0 saturated carbocycles. The quantitative estimate of drug-likeness (QED) is 0.374. The van der Waals surface area contributed by atoms with E-state index in [4.69, 9.17) is 9.47 Å². The number of rotatable bonds is 9. The molecule has 2 aromatic carbocycles. The summed E-state index contributed by atoms with van der Waals surface area (Å²) >= 11 is 1.42. The average molecular weight is 412 g/mol. The van der Waals surface area contributed by atoms with Crippen LogP contribution < -0.4 is 9.47 Å². The molecule has 0 radical (unpaired) electrons. The minimum absolute atomic E-state index is 0.0506. The van der Waals surface area contributed by atoms with Gasteiger partial charge in [0, 0.05) is 17.7 Å². The molecule has 152 valence electrons. The molecule has 1 atom stereocenters. The third-order valence-corrected chi connectivity index (χ3v) is 5.56. The summed E-state index contributed by atoms with van der Waals surface area (Å²) in [5, 5.41) is 9.13. The molecular weight excluding hydrogens is 386 g/mol. The Morgan fingerprint density at radius 1 is 1.03 bits per heavy atom. The van der Waals surface area contributed by atoms with Crippen LogP contribution in [0.15, 0.2) is 53.7 Å². The maximum absolute atomic E-state index is 12.8. The summed E-state index contributed by atoms with van der Waals surface area (Å²) in [5.41, 5.74) is 1.61. The van der Waals surface area contributed by atoms with Crippen LogP contribution in [0.2, 0.25) is 0 Å². The monoisotopic (exact) mass is 411 g/mol. The van der Waals surface area contributed by atoms with Crippen LogP contribution in [0.4, 0.5) is 0 Å². The minimum Gasteiger partial charge on any atom is -0.497 e. The molecule has 3 rings (SSSR count). The van der Waals surface area contributed by atoms with Gasteiger partial charge in [0.2, 0.25) is 0 Å². The van der Waals surface area contributed by atoms with Crippen LogP contribution in [-0.4, -0.2) is 39.5 Å². The van der Waals surface area contributed by atoms with Crippen molar-refractivity contribution in [3.63, 3.8) is 0 Å². The zero-order valence-electron chi connectivity index (χ0n) is 17.1. The standard InChI is InChI=1S/C22H25N3O3S/c1-5-25-21(17-9-11-18(27-4)12-10-17)23-24-22(25)29-15(3)20(26)16-7-13-19(14-8-16)28-6-2/h7-15H,5-6H2,1-4H3/t15-/m1/s1. The van der Waals surface area contributed by atoms with E-state index in [0.717, 1.165) is 28.0 Å². The summed E-state index contributed by atoms with van der Waals surface area (Å²) in [7, 11) is 1.64. The summed E-state index contributed by atoms with van der Waals surface area (Å²) < 4.78 is 12.7. The number of methoxy groups -OCH3 is 1. The average Bonchev–Trinajstić information content (AvgIpc) is 3.16. The van der Waals surface area contributed by atoms with Gasteiger partial charge in [-0.1, -0.05) is 11.8 Å². The first-order valence-corrected chi connectivity index (χ1v) is 10.5. The van der Waals surface area contributed by atoms with E-state index in [-0.39, 0.29) is 11.0 Å². The molecule has 0 amide bonds. The summed E-state index contributed by atoms with van der Waals surface area (Å²) in [6.07, 6.45) is 0. The Morgan fingerprint density at radius 3 is 2.28 bits per heavy atom. The lowest BCUT2D eigenvalue weighted by atomic mass is 10.1. The van der Waals surface area contributed by atoms with E-state index < -0.39 is 0 Å². The highest BCUT2D eigenvalue weighted by atomic mass is 32.2. The first kappa shape index (κ1) is 20.9. The predicted molar refractivity (Wildman–Crippen MR) is 115 cm³/mol. The third-order valence-electron chi connectivity index (χ3n) is 4.48. The summed E-state index contributed by atoms with van der Waals surface area (Å²) in [6, 6.07) is 15.0. The zero-order chi connectivity index (χ0) is 20.8. The van der Waals surface area contributed by atoms with Gasteiger partial charge >= 0.3 is 0 Å². The lowest BCUT2D eigenvalue weighted by Gasteiger charge is -2.12. The third kappa shape index (κ3) is 4.79. The zero-order valence-corrected chi connectivity index (χ0v) is 17.9. The van der Waals surface area contributed by atoms with Crippen LogP contribution in [0, 0.1) is 0 Å². The molecule has 6 nitrogen and oxygen atoms in total. The van der Waals surface area contributed by atoms with Gasteiger partial charge in [-0.2, -0.15) is 0 Å². The van der Waals surface area contributed by atoms with Crippen molar-refractivity contribution >= 4 is 17.5 Å². The van der Waals surface area contributed by atoms with Crippen molar-refractivity contribution in [3.8, 4) is 22.9 Å². The highest BCUT2D eigenvalue weighted by molar-refractivity contribution is 8.00. The Morgan fingerprint density at radius 2 is 1.69 bits per heavy atom. The lowest BCUT2D eigenvalue weighted by molar-refractivity contribution is 0.0994. The van der Waals surface area contributed by atoms with Crippen molar-refractivity contribution in [1.82, 2.24) is 14.8 Å². The van der Waals surface area contributed by atoms with Crippen molar-refractivity contribution < 1.29 is 14.3 Å². The van der Waals surface area contributed by atoms with Crippen molar-refractivity contribution in [3.05, 3.63) is 54.1 Å². The first-order chi connectivity index (χ1) is 14.1. The predicted octanol–water partition coefficient (Wildman–Crippen LogP) is 4.74. The first-order valence-electron chi connectivity index (χ1n) is 9.58. The molecule has 1 heterocycles. The molecular formula is C22H25N3O3S. The smallest absolute Gasteiger partial charge is 0.192 e. The van der Waals surface area contributed by atoms with Gasteiger partial charge in [0.05, 0.1) is 19.0 Å². The molecule has 0 N–H and O–H groups in total. The van der Waals surface area contributed by atoms with E-state index in [9.17, 15) is 4.79 Å². The van der Waals surface area contributed by atoms with E-state index in [1.54, 1.807) is 19.2 Å². The molecule has 1 aromatic heterocycles. The van der Waals surface area contributed by atoms with E-state index >= 15 is 0 Å². The normalized spacial score (nSPS) is 11.9. The topological polar surface area (TPSA) is 66.2 Å². The maximum atomic E-state index is 12.8. The SMILES string of the molecule is CCOc1ccc(C(=O)[C@@H](C)Sc2nnc(-c3ccc(OC)cc3)n2CC)cc1. The summed E-state index contributed by atoms with van der Waals surface area (Å²) in [5.74, 6) is 2.38. The second-order valence-electron chi connectivity index (χ2n) is 6.36. The van der Waals surface area contributed by atoms with Gasteiger partial charge in [-0.05, 0) is 69.3 Å². The second-order valence-corrected chi connectivity index (χ2v) is 7.67. The Hall–Kier alpha value is -2.80. The molecule has 0 aliphatic rings. The number of carbonyl (C=O) groups excluding carboxylic acids is 1. The van der Waals surface area contributed by atoms with Crippen LogP contribution in [0.25, 0.3) is 11.4 Å². The molecule has 0 spiro atoms. The fourth-order valence-electron chi connectivity index (χ4n) is 2.94. The molecule has 0 saturated heterocycles. The van der Waals surface area contributed by atoms with Gasteiger partial charge in [-0.3, -0.25) is 4.79 Å². The van der Waals surface area contributed by atoms with Crippen LogP contribution in [0.1, 0.15) is 31.1 Å². The van der Waals surface area contributed by atoms with E-state index in [1.807, 2.05) is 61.7 Å². The number of hydrogen-bond acceptors (Lipinski definition) is 6. The fraction of sp³-hybridized carbons (Fsp3) is 0.318. The van der Waals surface area contributed by atoms with E-state index in [0.29, 0.717) is 18.7 Å². The number of hydrogen-bond donors (Lipinski definition) is 0. The number of nitrogens with zero attached hydrogens (tertiary/aromatic N) is 3. The van der Waals surface area contributed by atoms with Crippen LogP contribution in [0.5, 0.6) is 11.5 Å². The van der Waals surface area contributed by atoms with Crippen molar-refractivity contribution in [1.29, 1.82) is 0 Å². The molecule has 0 bridgehead atoms. The van der Waals surface area contributed by atoms with Gasteiger partial charge < -0.3 is 14.0 Å². The molecule has 0 aliphatic carbocycles. The Kier molecular flexibility index (Phi) is 6.93. The fourth-order valence-corrected chi connectivity index (χ4v) is 3.93. The van der Waals surface area contributed by atoms with Gasteiger partial charge in [-0.15, -0.1) is 10.2 Å². The van der Waals surface area contributed by atoms with Gasteiger partial charge in [-0.25, -0.2) is 0 Å². The maximum Gasteiger partial charge on any atom is 0.192 e. The van der Waals surface area contributed by atoms with Gasteiger partial charge in [0.25, 0.3) is 0 Å². The summed E-state index contributed by atoms with van der Waals surface area (Å²) in [6.45, 7) is 7.18. The highest BCUT2D eigenvalue weighted by Crippen LogP contribution is 2.29. The van der Waals surface area contributed by atoms with Crippen molar-refractivity contribution in [2.24, 2.45) is 0 Å². The van der Waals surface area contributed by atoms with Gasteiger partial charge in [0.15, 0.2) is 16.8 Å². The van der Waals surface area contributed by atoms with E-state index in [2.05, 4.69) is 10.2 Å². The minimum atomic E-state index is -0.286. The van der Waals surface area contributed by atoms with Crippen LogP contribution in [-0.2, 0) is 6.54 Å². The number of ether oxygens (including phenoxy) is 2. The molecule has 0 fully saturated rings. The Bertz CT molecular complexity index is 952. The molecule has 29 heavy (non-hydrogen) atoms. The van der Waals surface area contributed by atoms with E-state index in [1.165, 1.54) is 11.8 Å². The lowest BCUT2D eigenvalue weighted by Crippen LogP contribution is -2.14. The number of thioether (sulfide) groups is 1. The Balaban J connectivity index is 1.76.